The van der Waals surface area contributed by atoms with Gasteiger partial charge in [-0.3, -0.25) is 5.32 Å². The van der Waals surface area contributed by atoms with Gasteiger partial charge in [0.1, 0.15) is 0 Å². The Hall–Kier alpha value is -0.520. The number of rotatable bonds is 4. The van der Waals surface area contributed by atoms with Gasteiger partial charge in [-0.15, -0.1) is 6.42 Å². The maximum Gasteiger partial charge on any atom is 0.0578 e. The summed E-state index contributed by atoms with van der Waals surface area (Å²) in [6, 6.07) is 0. The summed E-state index contributed by atoms with van der Waals surface area (Å²) >= 11 is 0. The van der Waals surface area contributed by atoms with Gasteiger partial charge in [0.05, 0.1) is 6.54 Å². The van der Waals surface area contributed by atoms with Crippen LogP contribution in [0.15, 0.2) is 0 Å². The second-order valence-electron chi connectivity index (χ2n) is 5.01. The molecule has 2 nitrogen and oxygen atoms in total. The molecule has 0 saturated heterocycles. The predicted octanol–water partition coefficient (Wildman–Crippen LogP) is 1.75. The Morgan fingerprint density at radius 3 is 2.80 bits per heavy atom. The van der Waals surface area contributed by atoms with Crippen LogP contribution in [-0.4, -0.2) is 18.6 Å². The number of nitrogens with one attached hydrogen (secondary N) is 1. The Morgan fingerprint density at radius 1 is 1.53 bits per heavy atom. The fourth-order valence-electron chi connectivity index (χ4n) is 3.01. The maximum atomic E-state index is 5.98. The highest BCUT2D eigenvalue weighted by atomic mass is 15.0. The number of hydrogen-bond acceptors (Lipinski definition) is 2. The number of hydrogen-bond donors (Lipinski definition) is 2. The third-order valence-corrected chi connectivity index (χ3v) is 3.81. The van der Waals surface area contributed by atoms with E-state index in [1.54, 1.807) is 0 Å². The average Bonchev–Trinajstić information content (AvgIpc) is 2.26. The first-order chi connectivity index (χ1) is 7.16. The fraction of sp³-hybridized carbons (Fsp3) is 0.846. The first-order valence-electron chi connectivity index (χ1n) is 6.05. The van der Waals surface area contributed by atoms with E-state index in [1.165, 1.54) is 25.7 Å². The van der Waals surface area contributed by atoms with Crippen LogP contribution in [0.1, 0.15) is 39.5 Å². The third-order valence-electron chi connectivity index (χ3n) is 3.81. The van der Waals surface area contributed by atoms with Crippen LogP contribution in [0.25, 0.3) is 0 Å². The van der Waals surface area contributed by atoms with Crippen molar-refractivity contribution >= 4 is 0 Å². The molecule has 3 N–H and O–H groups in total. The molecule has 1 rings (SSSR count). The minimum atomic E-state index is 0.0960. The van der Waals surface area contributed by atoms with Gasteiger partial charge >= 0.3 is 0 Å². The topological polar surface area (TPSA) is 38.0 Å². The molecule has 0 aromatic carbocycles. The van der Waals surface area contributed by atoms with Crippen LogP contribution in [0.3, 0.4) is 0 Å². The molecule has 1 aliphatic rings. The van der Waals surface area contributed by atoms with Crippen LogP contribution < -0.4 is 11.1 Å². The molecule has 15 heavy (non-hydrogen) atoms. The Kier molecular flexibility index (Phi) is 4.63. The molecule has 2 heteroatoms. The van der Waals surface area contributed by atoms with Gasteiger partial charge in [0.15, 0.2) is 0 Å². The molecule has 1 fully saturated rings. The summed E-state index contributed by atoms with van der Waals surface area (Å²) in [4.78, 5) is 0. The molecule has 0 heterocycles. The highest BCUT2D eigenvalue weighted by Gasteiger charge is 2.40. The van der Waals surface area contributed by atoms with Gasteiger partial charge in [-0.2, -0.15) is 0 Å². The average molecular weight is 208 g/mol. The van der Waals surface area contributed by atoms with Gasteiger partial charge in [0.25, 0.3) is 0 Å². The molecule has 86 valence electrons. The molecule has 2 unspecified atom stereocenters. The van der Waals surface area contributed by atoms with Crippen molar-refractivity contribution in [3.8, 4) is 12.3 Å². The van der Waals surface area contributed by atoms with Crippen LogP contribution in [0.4, 0.5) is 0 Å². The van der Waals surface area contributed by atoms with Crippen molar-refractivity contribution in [1.29, 1.82) is 0 Å². The lowest BCUT2D eigenvalue weighted by Gasteiger charge is -2.46. The van der Waals surface area contributed by atoms with Crippen molar-refractivity contribution in [2.45, 2.75) is 45.1 Å². The van der Waals surface area contributed by atoms with Gasteiger partial charge in [0, 0.05) is 12.1 Å². The lowest BCUT2D eigenvalue weighted by Crippen LogP contribution is -2.59. The van der Waals surface area contributed by atoms with Crippen LogP contribution in [0.5, 0.6) is 0 Å². The molecule has 0 aromatic heterocycles. The van der Waals surface area contributed by atoms with Crippen LogP contribution in [-0.2, 0) is 0 Å². The smallest absolute Gasteiger partial charge is 0.0578 e. The molecule has 0 aromatic rings. The summed E-state index contributed by atoms with van der Waals surface area (Å²) in [6.45, 7) is 5.92. The highest BCUT2D eigenvalue weighted by molar-refractivity contribution is 5.02. The van der Waals surface area contributed by atoms with Gasteiger partial charge < -0.3 is 5.73 Å². The largest absolute Gasteiger partial charge is 0.329 e. The Bertz CT molecular complexity index is 229. The van der Waals surface area contributed by atoms with E-state index < -0.39 is 0 Å². The molecule has 1 saturated carbocycles. The summed E-state index contributed by atoms with van der Waals surface area (Å²) in [5.74, 6) is 4.02. The van der Waals surface area contributed by atoms with Crippen LogP contribution in [0.2, 0.25) is 0 Å². The molecule has 0 amide bonds. The predicted molar refractivity (Wildman–Crippen MR) is 65.4 cm³/mol. The number of terminal acetylenes is 1. The van der Waals surface area contributed by atoms with Crippen molar-refractivity contribution in [3.05, 3.63) is 0 Å². The van der Waals surface area contributed by atoms with E-state index in [1.807, 2.05) is 0 Å². The Morgan fingerprint density at radius 2 is 2.27 bits per heavy atom. The van der Waals surface area contributed by atoms with E-state index >= 15 is 0 Å². The van der Waals surface area contributed by atoms with E-state index in [0.29, 0.717) is 24.9 Å². The van der Waals surface area contributed by atoms with Gasteiger partial charge in [-0.25, -0.2) is 0 Å². The van der Waals surface area contributed by atoms with Crippen molar-refractivity contribution < 1.29 is 0 Å². The molecule has 0 bridgehead atoms. The molecular formula is C13H24N2. The van der Waals surface area contributed by atoms with E-state index in [0.717, 1.165) is 0 Å². The minimum absolute atomic E-state index is 0.0960. The zero-order valence-electron chi connectivity index (χ0n) is 10.1. The van der Waals surface area contributed by atoms with Gasteiger partial charge in [-0.05, 0) is 24.7 Å². The molecular weight excluding hydrogens is 184 g/mol. The molecule has 0 radical (unpaired) electrons. The lowest BCUT2D eigenvalue weighted by atomic mass is 9.68. The van der Waals surface area contributed by atoms with Crippen molar-refractivity contribution in [2.24, 2.45) is 17.6 Å². The van der Waals surface area contributed by atoms with Crippen molar-refractivity contribution in [3.63, 3.8) is 0 Å². The van der Waals surface area contributed by atoms with Crippen molar-refractivity contribution in [2.75, 3.05) is 13.1 Å². The monoisotopic (exact) mass is 208 g/mol. The minimum Gasteiger partial charge on any atom is -0.329 e. The molecule has 0 spiro atoms. The summed E-state index contributed by atoms with van der Waals surface area (Å²) in [6.07, 6.45) is 10.4. The second-order valence-corrected chi connectivity index (χ2v) is 5.01. The fourth-order valence-corrected chi connectivity index (χ4v) is 3.01. The van der Waals surface area contributed by atoms with Gasteiger partial charge in [0.2, 0.25) is 0 Å². The third kappa shape index (κ3) is 2.74. The standard InChI is InChI=1S/C13H24N2/c1-4-9-15-13(10-14)8-6-5-7-12(13)11(2)3/h1,11-12,15H,5-10,14H2,2-3H3. The number of nitrogens with two attached hydrogens (primary N) is 1. The molecule has 1 aliphatic carbocycles. The zero-order chi connectivity index (χ0) is 11.3. The maximum absolute atomic E-state index is 5.98. The van der Waals surface area contributed by atoms with Crippen LogP contribution >= 0.6 is 0 Å². The van der Waals surface area contributed by atoms with E-state index in [2.05, 4.69) is 25.1 Å². The summed E-state index contributed by atoms with van der Waals surface area (Å²) in [7, 11) is 0. The normalized spacial score (nSPS) is 31.5. The Balaban J connectivity index is 2.76. The summed E-state index contributed by atoms with van der Waals surface area (Å²) < 4.78 is 0. The van der Waals surface area contributed by atoms with E-state index in [9.17, 15) is 0 Å². The van der Waals surface area contributed by atoms with Crippen molar-refractivity contribution in [1.82, 2.24) is 5.32 Å². The first-order valence-corrected chi connectivity index (χ1v) is 6.05. The SMILES string of the molecule is C#CCNC1(CN)CCCCC1C(C)C. The summed E-state index contributed by atoms with van der Waals surface area (Å²) in [5.41, 5.74) is 6.07. The zero-order valence-corrected chi connectivity index (χ0v) is 10.1. The molecule has 0 aliphatic heterocycles. The summed E-state index contributed by atoms with van der Waals surface area (Å²) in [5, 5.41) is 3.50. The lowest BCUT2D eigenvalue weighted by molar-refractivity contribution is 0.113. The van der Waals surface area contributed by atoms with E-state index in [-0.39, 0.29) is 5.54 Å². The van der Waals surface area contributed by atoms with E-state index in [4.69, 9.17) is 12.2 Å². The van der Waals surface area contributed by atoms with Gasteiger partial charge in [-0.1, -0.05) is 32.6 Å². The first kappa shape index (κ1) is 12.5. The molecule has 2 atom stereocenters. The highest BCUT2D eigenvalue weighted by Crippen LogP contribution is 2.37. The Labute approximate surface area is 94.0 Å². The van der Waals surface area contributed by atoms with Crippen LogP contribution in [0, 0.1) is 24.2 Å². The quantitative estimate of drug-likeness (QED) is 0.691. The second kappa shape index (κ2) is 5.53.